The molecular weight excluding hydrogens is 342 g/mol. The van der Waals surface area contributed by atoms with Crippen LogP contribution in [0.15, 0.2) is 36.7 Å². The van der Waals surface area contributed by atoms with E-state index in [4.69, 9.17) is 4.74 Å². The number of carbonyl (C=O) groups is 1. The number of hydrogen-bond acceptors (Lipinski definition) is 5. The zero-order valence-corrected chi connectivity index (χ0v) is 15.0. The lowest BCUT2D eigenvalue weighted by molar-refractivity contribution is -0.124. The monoisotopic (exact) mass is 363 g/mol. The maximum atomic E-state index is 12.7. The van der Waals surface area contributed by atoms with Crippen LogP contribution in [-0.2, 0) is 21.7 Å². The van der Waals surface area contributed by atoms with Gasteiger partial charge in [0.1, 0.15) is 17.6 Å². The normalized spacial score (nSPS) is 20.2. The van der Waals surface area contributed by atoms with Gasteiger partial charge in [-0.2, -0.15) is 0 Å². The van der Waals surface area contributed by atoms with Gasteiger partial charge >= 0.3 is 0 Å². The SMILES string of the molecule is COc1ccccc1[C@@H](NC(=O)[C@@H]1CCS(=O)(=O)C1)c1nccn1C. The molecule has 0 bridgehead atoms. The van der Waals surface area contributed by atoms with Crippen LogP contribution in [0.4, 0.5) is 0 Å². The van der Waals surface area contributed by atoms with Crippen molar-refractivity contribution in [2.75, 3.05) is 18.6 Å². The van der Waals surface area contributed by atoms with Gasteiger partial charge in [0.25, 0.3) is 0 Å². The van der Waals surface area contributed by atoms with Gasteiger partial charge in [-0.05, 0) is 12.5 Å². The maximum Gasteiger partial charge on any atom is 0.225 e. The van der Waals surface area contributed by atoms with Crippen LogP contribution < -0.4 is 10.1 Å². The van der Waals surface area contributed by atoms with Gasteiger partial charge in [-0.25, -0.2) is 13.4 Å². The highest BCUT2D eigenvalue weighted by Crippen LogP contribution is 2.30. The number of ether oxygens (including phenoxy) is 1. The molecule has 2 atom stereocenters. The van der Waals surface area contributed by atoms with Gasteiger partial charge in [0.05, 0.1) is 24.5 Å². The molecule has 0 radical (unpaired) electrons. The lowest BCUT2D eigenvalue weighted by atomic mass is 10.0. The third kappa shape index (κ3) is 3.68. The van der Waals surface area contributed by atoms with Crippen molar-refractivity contribution >= 4 is 15.7 Å². The number of amides is 1. The average Bonchev–Trinajstić information content (AvgIpc) is 3.17. The predicted octanol–water partition coefficient (Wildman–Crippen LogP) is 1.07. The molecule has 0 aliphatic carbocycles. The lowest BCUT2D eigenvalue weighted by Crippen LogP contribution is -2.36. The van der Waals surface area contributed by atoms with Crippen LogP contribution in [-0.4, -0.2) is 42.5 Å². The van der Waals surface area contributed by atoms with E-state index >= 15 is 0 Å². The van der Waals surface area contributed by atoms with Crippen molar-refractivity contribution in [3.8, 4) is 5.75 Å². The molecule has 1 N–H and O–H groups in total. The second-order valence-electron chi connectivity index (χ2n) is 6.18. The zero-order valence-electron chi connectivity index (χ0n) is 14.2. The number of imidazole rings is 1. The number of carbonyl (C=O) groups excluding carboxylic acids is 1. The summed E-state index contributed by atoms with van der Waals surface area (Å²) in [5, 5.41) is 2.96. The fraction of sp³-hybridized carbons (Fsp3) is 0.412. The van der Waals surface area contributed by atoms with E-state index in [9.17, 15) is 13.2 Å². The van der Waals surface area contributed by atoms with Crippen molar-refractivity contribution in [2.24, 2.45) is 13.0 Å². The minimum Gasteiger partial charge on any atom is -0.496 e. The number of methoxy groups -OCH3 is 1. The van der Waals surface area contributed by atoms with E-state index in [0.29, 0.717) is 18.0 Å². The van der Waals surface area contributed by atoms with Gasteiger partial charge in [-0.3, -0.25) is 4.79 Å². The third-order valence-electron chi connectivity index (χ3n) is 4.46. The Morgan fingerprint density at radius 1 is 1.40 bits per heavy atom. The summed E-state index contributed by atoms with van der Waals surface area (Å²) in [6.07, 6.45) is 3.81. The van der Waals surface area contributed by atoms with Crippen molar-refractivity contribution in [3.63, 3.8) is 0 Å². The number of benzene rings is 1. The molecule has 8 heteroatoms. The minimum atomic E-state index is -3.12. The van der Waals surface area contributed by atoms with Crippen LogP contribution in [0.5, 0.6) is 5.75 Å². The molecule has 0 spiro atoms. The maximum absolute atomic E-state index is 12.7. The number of para-hydroxylation sites is 1. The van der Waals surface area contributed by atoms with Crippen LogP contribution in [0.1, 0.15) is 23.9 Å². The van der Waals surface area contributed by atoms with Crippen molar-refractivity contribution in [3.05, 3.63) is 48.0 Å². The molecule has 1 aromatic heterocycles. The number of nitrogens with zero attached hydrogens (tertiary/aromatic N) is 2. The Hall–Kier alpha value is -2.35. The average molecular weight is 363 g/mol. The Morgan fingerprint density at radius 3 is 2.76 bits per heavy atom. The summed E-state index contributed by atoms with van der Waals surface area (Å²) in [5.74, 6) is 0.446. The van der Waals surface area contributed by atoms with Crippen LogP contribution in [0.2, 0.25) is 0 Å². The summed E-state index contributed by atoms with van der Waals surface area (Å²) in [7, 11) is 0.291. The summed E-state index contributed by atoms with van der Waals surface area (Å²) >= 11 is 0. The van der Waals surface area contributed by atoms with E-state index in [1.807, 2.05) is 35.9 Å². The molecular formula is C17H21N3O4S. The van der Waals surface area contributed by atoms with Crippen molar-refractivity contribution < 1.29 is 17.9 Å². The smallest absolute Gasteiger partial charge is 0.225 e. The molecule has 1 amide bonds. The molecule has 1 aromatic carbocycles. The molecule has 1 fully saturated rings. The highest BCUT2D eigenvalue weighted by molar-refractivity contribution is 7.91. The first-order chi connectivity index (χ1) is 11.9. The first-order valence-electron chi connectivity index (χ1n) is 8.02. The highest BCUT2D eigenvalue weighted by Gasteiger charge is 2.35. The van der Waals surface area contributed by atoms with E-state index in [-0.39, 0.29) is 17.4 Å². The number of rotatable bonds is 5. The fourth-order valence-corrected chi connectivity index (χ4v) is 4.84. The van der Waals surface area contributed by atoms with E-state index in [1.165, 1.54) is 0 Å². The van der Waals surface area contributed by atoms with Gasteiger partial charge in [-0.15, -0.1) is 0 Å². The molecule has 7 nitrogen and oxygen atoms in total. The topological polar surface area (TPSA) is 90.3 Å². The van der Waals surface area contributed by atoms with E-state index in [0.717, 1.165) is 5.56 Å². The second kappa shape index (κ2) is 6.87. The molecule has 1 saturated heterocycles. The summed E-state index contributed by atoms with van der Waals surface area (Å²) < 4.78 is 30.6. The van der Waals surface area contributed by atoms with Crippen LogP contribution in [0.3, 0.4) is 0 Å². The molecule has 25 heavy (non-hydrogen) atoms. The van der Waals surface area contributed by atoms with Gasteiger partial charge in [0, 0.05) is 25.0 Å². The van der Waals surface area contributed by atoms with Crippen LogP contribution in [0.25, 0.3) is 0 Å². The third-order valence-corrected chi connectivity index (χ3v) is 6.22. The van der Waals surface area contributed by atoms with Gasteiger partial charge in [-0.1, -0.05) is 18.2 Å². The number of sulfone groups is 1. The minimum absolute atomic E-state index is 0.0623. The number of hydrogen-bond donors (Lipinski definition) is 1. The molecule has 134 valence electrons. The quantitative estimate of drug-likeness (QED) is 0.858. The Bertz CT molecular complexity index is 876. The molecule has 1 aliphatic rings. The highest BCUT2D eigenvalue weighted by atomic mass is 32.2. The van der Waals surface area contributed by atoms with Crippen LogP contribution in [0, 0.1) is 5.92 Å². The Labute approximate surface area is 146 Å². The lowest BCUT2D eigenvalue weighted by Gasteiger charge is -2.22. The van der Waals surface area contributed by atoms with E-state index in [2.05, 4.69) is 10.3 Å². The summed E-state index contributed by atoms with van der Waals surface area (Å²) in [6.45, 7) is 0. The Kier molecular flexibility index (Phi) is 4.80. The largest absolute Gasteiger partial charge is 0.496 e. The van der Waals surface area contributed by atoms with Crippen molar-refractivity contribution in [2.45, 2.75) is 12.5 Å². The van der Waals surface area contributed by atoms with Crippen molar-refractivity contribution in [1.29, 1.82) is 0 Å². The first kappa shape index (κ1) is 17.5. The molecule has 0 saturated carbocycles. The second-order valence-corrected chi connectivity index (χ2v) is 8.41. The van der Waals surface area contributed by atoms with Crippen molar-refractivity contribution in [1.82, 2.24) is 14.9 Å². The number of nitrogens with one attached hydrogen (secondary N) is 1. The number of aromatic nitrogens is 2. The standard InChI is InChI=1S/C17H21N3O4S/c1-20-9-8-18-16(20)15(13-5-3-4-6-14(13)24-2)19-17(21)12-7-10-25(22,23)11-12/h3-6,8-9,12,15H,7,10-11H2,1-2H3,(H,19,21)/t12-,15-/m1/s1. The summed E-state index contributed by atoms with van der Waals surface area (Å²) in [5.41, 5.74) is 0.772. The molecule has 3 rings (SSSR count). The first-order valence-corrected chi connectivity index (χ1v) is 9.84. The van der Waals surface area contributed by atoms with Gasteiger partial charge in [0.2, 0.25) is 5.91 Å². The summed E-state index contributed by atoms with van der Waals surface area (Å²) in [6, 6.07) is 6.87. The van der Waals surface area contributed by atoms with E-state index < -0.39 is 21.8 Å². The van der Waals surface area contributed by atoms with Crippen LogP contribution >= 0.6 is 0 Å². The molecule has 2 aromatic rings. The summed E-state index contributed by atoms with van der Waals surface area (Å²) in [4.78, 5) is 17.0. The predicted molar refractivity (Wildman–Crippen MR) is 92.9 cm³/mol. The zero-order chi connectivity index (χ0) is 18.0. The molecule has 2 heterocycles. The van der Waals surface area contributed by atoms with Gasteiger partial charge in [0.15, 0.2) is 9.84 Å². The number of aryl methyl sites for hydroxylation is 1. The Balaban J connectivity index is 1.93. The molecule has 0 unspecified atom stereocenters. The Morgan fingerprint density at radius 2 is 2.16 bits per heavy atom. The fourth-order valence-electron chi connectivity index (χ4n) is 3.10. The van der Waals surface area contributed by atoms with Gasteiger partial charge < -0.3 is 14.6 Å². The molecule has 1 aliphatic heterocycles. The van der Waals surface area contributed by atoms with E-state index in [1.54, 1.807) is 19.5 Å².